The molecular formula is C24H25N3O7. The first-order valence-corrected chi connectivity index (χ1v) is 11.0. The van der Waals surface area contributed by atoms with Gasteiger partial charge in [-0.1, -0.05) is 6.07 Å². The number of imide groups is 1. The Kier molecular flexibility index (Phi) is 5.64. The molecule has 0 saturated carbocycles. The zero-order valence-corrected chi connectivity index (χ0v) is 19.0. The SMILES string of the molecule is COc1cc2c(cc1OC)CN(C(=O)CC1NC(=O)N(Cc3ccc4c(c3)OCO4)C1=O)CC2. The highest BCUT2D eigenvalue weighted by molar-refractivity contribution is 6.05. The van der Waals surface area contributed by atoms with Crippen LogP contribution in [0.5, 0.6) is 23.0 Å². The minimum Gasteiger partial charge on any atom is -0.493 e. The van der Waals surface area contributed by atoms with E-state index in [1.807, 2.05) is 12.1 Å². The van der Waals surface area contributed by atoms with E-state index in [2.05, 4.69) is 5.32 Å². The number of methoxy groups -OCH3 is 2. The van der Waals surface area contributed by atoms with Gasteiger partial charge in [0.05, 0.1) is 27.2 Å². The molecule has 0 aliphatic carbocycles. The van der Waals surface area contributed by atoms with E-state index < -0.39 is 18.0 Å². The van der Waals surface area contributed by atoms with E-state index in [1.165, 1.54) is 0 Å². The van der Waals surface area contributed by atoms with E-state index in [1.54, 1.807) is 37.3 Å². The lowest BCUT2D eigenvalue weighted by Crippen LogP contribution is -2.41. The predicted molar refractivity (Wildman–Crippen MR) is 119 cm³/mol. The van der Waals surface area contributed by atoms with E-state index >= 15 is 0 Å². The molecule has 10 heteroatoms. The molecule has 0 radical (unpaired) electrons. The Morgan fingerprint density at radius 3 is 2.56 bits per heavy atom. The Morgan fingerprint density at radius 2 is 1.79 bits per heavy atom. The molecule has 1 saturated heterocycles. The first kappa shape index (κ1) is 21.9. The fourth-order valence-corrected chi connectivity index (χ4v) is 4.49. The Balaban J connectivity index is 1.23. The van der Waals surface area contributed by atoms with Crippen molar-refractivity contribution < 1.29 is 33.3 Å². The topological polar surface area (TPSA) is 107 Å². The molecule has 10 nitrogen and oxygen atoms in total. The average Bonchev–Trinajstić information content (AvgIpc) is 3.42. The minimum atomic E-state index is -0.888. The van der Waals surface area contributed by atoms with Gasteiger partial charge in [-0.05, 0) is 47.4 Å². The smallest absolute Gasteiger partial charge is 0.325 e. The van der Waals surface area contributed by atoms with Crippen molar-refractivity contribution in [2.24, 2.45) is 0 Å². The summed E-state index contributed by atoms with van der Waals surface area (Å²) in [4.78, 5) is 41.2. The van der Waals surface area contributed by atoms with Gasteiger partial charge in [0.2, 0.25) is 12.7 Å². The fraction of sp³-hybridized carbons (Fsp3) is 0.375. The third-order valence-electron chi connectivity index (χ3n) is 6.33. The molecule has 1 atom stereocenters. The Labute approximate surface area is 196 Å². The van der Waals surface area contributed by atoms with E-state index in [9.17, 15) is 14.4 Å². The maximum atomic E-state index is 13.0. The standard InChI is InChI=1S/C24H25N3O7/c1-31-19-8-15-5-6-26(12-16(15)9-20(19)32-2)22(28)10-17-23(29)27(24(30)25-17)11-14-3-4-18-21(7-14)34-13-33-18/h3-4,7-9,17H,5-6,10-13H2,1-2H3,(H,25,30). The summed E-state index contributed by atoms with van der Waals surface area (Å²) in [5, 5.41) is 2.65. The molecule has 1 unspecified atom stereocenters. The summed E-state index contributed by atoms with van der Waals surface area (Å²) in [6.45, 7) is 1.17. The number of amides is 4. The number of urea groups is 1. The molecule has 2 aromatic carbocycles. The highest BCUT2D eigenvalue weighted by atomic mass is 16.7. The number of fused-ring (bicyclic) bond motifs is 2. The number of ether oxygens (including phenoxy) is 4. The van der Waals surface area contributed by atoms with Gasteiger partial charge in [-0.2, -0.15) is 0 Å². The van der Waals surface area contributed by atoms with Crippen LogP contribution in [0.15, 0.2) is 30.3 Å². The van der Waals surface area contributed by atoms with Crippen LogP contribution in [0.2, 0.25) is 0 Å². The molecule has 0 bridgehead atoms. The average molecular weight is 467 g/mol. The third-order valence-corrected chi connectivity index (χ3v) is 6.33. The Bertz CT molecular complexity index is 1170. The summed E-state index contributed by atoms with van der Waals surface area (Å²) < 4.78 is 21.4. The molecule has 178 valence electrons. The maximum Gasteiger partial charge on any atom is 0.325 e. The molecule has 0 aromatic heterocycles. The number of benzene rings is 2. The normalized spacial score (nSPS) is 18.6. The van der Waals surface area contributed by atoms with Crippen LogP contribution in [-0.4, -0.2) is 61.2 Å². The Hall–Kier alpha value is -3.95. The van der Waals surface area contributed by atoms with Gasteiger partial charge >= 0.3 is 6.03 Å². The molecular weight excluding hydrogens is 442 g/mol. The van der Waals surface area contributed by atoms with Crippen LogP contribution in [0.4, 0.5) is 4.79 Å². The largest absolute Gasteiger partial charge is 0.493 e. The van der Waals surface area contributed by atoms with Gasteiger partial charge in [0.15, 0.2) is 23.0 Å². The monoisotopic (exact) mass is 467 g/mol. The van der Waals surface area contributed by atoms with Crippen LogP contribution >= 0.6 is 0 Å². The van der Waals surface area contributed by atoms with Crippen molar-refractivity contribution in [2.75, 3.05) is 27.6 Å². The zero-order chi connectivity index (χ0) is 23.8. The zero-order valence-electron chi connectivity index (χ0n) is 19.0. The van der Waals surface area contributed by atoms with E-state index in [0.29, 0.717) is 42.5 Å². The van der Waals surface area contributed by atoms with Gasteiger partial charge in [0.25, 0.3) is 5.91 Å². The minimum absolute atomic E-state index is 0.0880. The van der Waals surface area contributed by atoms with E-state index in [-0.39, 0.29) is 25.7 Å². The number of carbonyl (C=O) groups is 3. The quantitative estimate of drug-likeness (QED) is 0.646. The van der Waals surface area contributed by atoms with Crippen LogP contribution < -0.4 is 24.3 Å². The van der Waals surface area contributed by atoms with Gasteiger partial charge in [-0.15, -0.1) is 0 Å². The summed E-state index contributed by atoms with van der Waals surface area (Å²) >= 11 is 0. The molecule has 4 amide bonds. The van der Waals surface area contributed by atoms with Crippen LogP contribution in [0.1, 0.15) is 23.1 Å². The van der Waals surface area contributed by atoms with Gasteiger partial charge in [0.1, 0.15) is 6.04 Å². The lowest BCUT2D eigenvalue weighted by Gasteiger charge is -2.30. The molecule has 5 rings (SSSR count). The second kappa shape index (κ2) is 8.77. The van der Waals surface area contributed by atoms with E-state index in [0.717, 1.165) is 21.6 Å². The predicted octanol–water partition coefficient (Wildman–Crippen LogP) is 1.83. The van der Waals surface area contributed by atoms with Crippen molar-refractivity contribution in [1.82, 2.24) is 15.1 Å². The van der Waals surface area contributed by atoms with Gasteiger partial charge in [-0.25, -0.2) is 4.79 Å². The van der Waals surface area contributed by atoms with Crippen LogP contribution in [-0.2, 0) is 29.1 Å². The lowest BCUT2D eigenvalue weighted by atomic mass is 9.98. The van der Waals surface area contributed by atoms with Crippen molar-refractivity contribution in [2.45, 2.75) is 32.0 Å². The summed E-state index contributed by atoms with van der Waals surface area (Å²) in [5.74, 6) is 1.86. The molecule has 34 heavy (non-hydrogen) atoms. The molecule has 1 fully saturated rings. The van der Waals surface area contributed by atoms with Gasteiger partial charge in [0, 0.05) is 13.1 Å². The second-order valence-corrected chi connectivity index (χ2v) is 8.36. The highest BCUT2D eigenvalue weighted by Crippen LogP contribution is 2.34. The number of nitrogens with zero attached hydrogens (tertiary/aromatic N) is 2. The molecule has 1 N–H and O–H groups in total. The number of carbonyl (C=O) groups excluding carboxylic acids is 3. The summed E-state index contributed by atoms with van der Waals surface area (Å²) in [6, 6.07) is 7.68. The third kappa shape index (κ3) is 3.95. The van der Waals surface area contributed by atoms with Crippen molar-refractivity contribution in [3.8, 4) is 23.0 Å². The first-order valence-electron chi connectivity index (χ1n) is 11.0. The highest BCUT2D eigenvalue weighted by Gasteiger charge is 2.40. The molecule has 0 spiro atoms. The Morgan fingerprint density at radius 1 is 1.06 bits per heavy atom. The van der Waals surface area contributed by atoms with Crippen LogP contribution in [0, 0.1) is 0 Å². The number of hydrogen-bond donors (Lipinski definition) is 1. The molecule has 3 heterocycles. The van der Waals surface area contributed by atoms with Gasteiger partial charge < -0.3 is 29.2 Å². The first-order chi connectivity index (χ1) is 16.5. The van der Waals surface area contributed by atoms with Crippen molar-refractivity contribution in [3.63, 3.8) is 0 Å². The van der Waals surface area contributed by atoms with Crippen molar-refractivity contribution >= 4 is 17.8 Å². The van der Waals surface area contributed by atoms with Crippen LogP contribution in [0.25, 0.3) is 0 Å². The second-order valence-electron chi connectivity index (χ2n) is 8.36. The van der Waals surface area contributed by atoms with Crippen LogP contribution in [0.3, 0.4) is 0 Å². The summed E-state index contributed by atoms with van der Waals surface area (Å²) in [5.41, 5.74) is 2.81. The maximum absolute atomic E-state index is 13.0. The molecule has 3 aliphatic heterocycles. The van der Waals surface area contributed by atoms with Gasteiger partial charge in [-0.3, -0.25) is 14.5 Å². The lowest BCUT2D eigenvalue weighted by molar-refractivity contribution is -0.136. The summed E-state index contributed by atoms with van der Waals surface area (Å²) in [6.07, 6.45) is 0.577. The fourth-order valence-electron chi connectivity index (χ4n) is 4.49. The van der Waals surface area contributed by atoms with E-state index in [4.69, 9.17) is 18.9 Å². The summed E-state index contributed by atoms with van der Waals surface area (Å²) in [7, 11) is 3.16. The number of nitrogens with one attached hydrogen (secondary N) is 1. The molecule has 3 aliphatic rings. The molecule has 2 aromatic rings. The van der Waals surface area contributed by atoms with Crippen molar-refractivity contribution in [1.29, 1.82) is 0 Å². The van der Waals surface area contributed by atoms with Crippen molar-refractivity contribution in [3.05, 3.63) is 47.0 Å². The number of rotatable bonds is 6. The number of hydrogen-bond acceptors (Lipinski definition) is 7.